The zero-order valence-corrected chi connectivity index (χ0v) is 9.75. The molecule has 0 aromatic rings. The third-order valence-electron chi connectivity index (χ3n) is 3.20. The van der Waals surface area contributed by atoms with E-state index in [1.807, 2.05) is 14.0 Å². The maximum Gasteiger partial charge on any atom is 0.0593 e. The molecule has 2 unspecified atom stereocenters. The summed E-state index contributed by atoms with van der Waals surface area (Å²) in [6, 6.07) is 0.780. The topological polar surface area (TPSA) is 24.5 Å². The Hall–Kier alpha value is -0.120. The molecule has 1 saturated carbocycles. The quantitative estimate of drug-likeness (QED) is 0.619. The van der Waals surface area contributed by atoms with Crippen LogP contribution in [0.15, 0.2) is 0 Å². The lowest BCUT2D eigenvalue weighted by Gasteiger charge is -2.42. The Balaban J connectivity index is 2.13. The van der Waals surface area contributed by atoms with Gasteiger partial charge in [-0.15, -0.1) is 0 Å². The molecule has 0 radical (unpaired) electrons. The highest BCUT2D eigenvalue weighted by molar-refractivity contribution is 4.88. The summed E-state index contributed by atoms with van der Waals surface area (Å²) in [5, 5.41) is 3.26. The molecule has 3 nitrogen and oxygen atoms in total. The van der Waals surface area contributed by atoms with Gasteiger partial charge in [-0.25, -0.2) is 0 Å². The first-order valence-corrected chi connectivity index (χ1v) is 5.72. The van der Waals surface area contributed by atoms with Crippen LogP contribution in [-0.4, -0.2) is 51.3 Å². The lowest BCUT2D eigenvalue weighted by Crippen LogP contribution is -2.49. The molecule has 0 amide bonds. The second kappa shape index (κ2) is 6.38. The van der Waals surface area contributed by atoms with Crippen molar-refractivity contribution in [2.24, 2.45) is 5.92 Å². The highest BCUT2D eigenvalue weighted by Gasteiger charge is 2.32. The first-order valence-electron chi connectivity index (χ1n) is 5.72. The smallest absolute Gasteiger partial charge is 0.0593 e. The van der Waals surface area contributed by atoms with Crippen molar-refractivity contribution >= 4 is 0 Å². The van der Waals surface area contributed by atoms with Crippen LogP contribution >= 0.6 is 0 Å². The molecular weight excluding hydrogens is 176 g/mol. The summed E-state index contributed by atoms with van der Waals surface area (Å²) in [6.07, 6.45) is 2.74. The monoisotopic (exact) mass is 200 g/mol. The molecule has 0 saturated heterocycles. The lowest BCUT2D eigenvalue weighted by atomic mass is 9.78. The van der Waals surface area contributed by atoms with E-state index in [-0.39, 0.29) is 0 Å². The van der Waals surface area contributed by atoms with Crippen LogP contribution < -0.4 is 5.32 Å². The van der Waals surface area contributed by atoms with Crippen molar-refractivity contribution in [3.63, 3.8) is 0 Å². The molecule has 0 aliphatic heterocycles. The highest BCUT2D eigenvalue weighted by atomic mass is 16.5. The summed E-state index contributed by atoms with van der Waals surface area (Å²) in [5.74, 6) is 0.853. The molecular formula is C11H24N2O. The van der Waals surface area contributed by atoms with E-state index in [2.05, 4.69) is 17.3 Å². The Labute approximate surface area is 87.8 Å². The van der Waals surface area contributed by atoms with Gasteiger partial charge in [0.15, 0.2) is 0 Å². The van der Waals surface area contributed by atoms with E-state index in [9.17, 15) is 0 Å². The summed E-state index contributed by atoms with van der Waals surface area (Å²) in [4.78, 5) is 2.45. The summed E-state index contributed by atoms with van der Waals surface area (Å²) in [5.41, 5.74) is 0. The van der Waals surface area contributed by atoms with Gasteiger partial charge in [-0.3, -0.25) is 0 Å². The Morgan fingerprint density at radius 1 is 1.43 bits per heavy atom. The Bertz CT molecular complexity index is 152. The molecule has 1 aliphatic carbocycles. The third-order valence-corrected chi connectivity index (χ3v) is 3.20. The predicted octanol–water partition coefficient (Wildman–Crippen LogP) is 0.953. The molecule has 0 spiro atoms. The van der Waals surface area contributed by atoms with Gasteiger partial charge < -0.3 is 15.0 Å². The van der Waals surface area contributed by atoms with Gasteiger partial charge in [-0.1, -0.05) is 0 Å². The van der Waals surface area contributed by atoms with Crippen LogP contribution in [-0.2, 0) is 4.74 Å². The fourth-order valence-corrected chi connectivity index (χ4v) is 2.15. The standard InChI is InChI=1S/C11H24N2O/c1-4-14-8-7-13(3)11-6-5-10(11)9-12-2/h10-12H,4-9H2,1-3H3. The molecule has 0 bridgehead atoms. The molecule has 1 aliphatic rings. The molecule has 2 atom stereocenters. The number of likely N-dealkylation sites (N-methyl/N-ethyl adjacent to an activating group) is 1. The van der Waals surface area contributed by atoms with Crippen molar-refractivity contribution in [3.8, 4) is 0 Å². The number of hydrogen-bond acceptors (Lipinski definition) is 3. The van der Waals surface area contributed by atoms with Crippen LogP contribution in [0.3, 0.4) is 0 Å². The van der Waals surface area contributed by atoms with Gasteiger partial charge >= 0.3 is 0 Å². The van der Waals surface area contributed by atoms with Crippen molar-refractivity contribution in [1.82, 2.24) is 10.2 Å². The van der Waals surface area contributed by atoms with Crippen LogP contribution in [0.1, 0.15) is 19.8 Å². The van der Waals surface area contributed by atoms with Gasteiger partial charge in [-0.05, 0) is 46.3 Å². The molecule has 84 valence electrons. The lowest BCUT2D eigenvalue weighted by molar-refractivity contribution is 0.0507. The van der Waals surface area contributed by atoms with E-state index in [4.69, 9.17) is 4.74 Å². The summed E-state index contributed by atoms with van der Waals surface area (Å²) >= 11 is 0. The minimum absolute atomic E-state index is 0.780. The number of hydrogen-bond donors (Lipinski definition) is 1. The minimum atomic E-state index is 0.780. The fraction of sp³-hybridized carbons (Fsp3) is 1.00. The van der Waals surface area contributed by atoms with Gasteiger partial charge in [0.25, 0.3) is 0 Å². The average molecular weight is 200 g/mol. The Morgan fingerprint density at radius 3 is 2.71 bits per heavy atom. The van der Waals surface area contributed by atoms with E-state index in [0.717, 1.165) is 38.3 Å². The van der Waals surface area contributed by atoms with Crippen LogP contribution in [0.4, 0.5) is 0 Å². The van der Waals surface area contributed by atoms with E-state index in [1.165, 1.54) is 12.8 Å². The predicted molar refractivity (Wildman–Crippen MR) is 59.6 cm³/mol. The zero-order chi connectivity index (χ0) is 10.4. The molecule has 0 aromatic carbocycles. The maximum atomic E-state index is 5.36. The molecule has 14 heavy (non-hydrogen) atoms. The number of rotatable bonds is 7. The van der Waals surface area contributed by atoms with Gasteiger partial charge in [0.2, 0.25) is 0 Å². The largest absolute Gasteiger partial charge is 0.380 e. The van der Waals surface area contributed by atoms with Crippen molar-refractivity contribution in [2.75, 3.05) is 40.4 Å². The molecule has 0 aromatic heterocycles. The van der Waals surface area contributed by atoms with Crippen molar-refractivity contribution in [3.05, 3.63) is 0 Å². The summed E-state index contributed by atoms with van der Waals surface area (Å²) in [6.45, 7) is 5.98. The fourth-order valence-electron chi connectivity index (χ4n) is 2.15. The molecule has 1 N–H and O–H groups in total. The van der Waals surface area contributed by atoms with Crippen molar-refractivity contribution < 1.29 is 4.74 Å². The van der Waals surface area contributed by atoms with Crippen LogP contribution in [0.25, 0.3) is 0 Å². The van der Waals surface area contributed by atoms with E-state index in [0.29, 0.717) is 0 Å². The van der Waals surface area contributed by atoms with Crippen LogP contribution in [0.2, 0.25) is 0 Å². The number of nitrogens with zero attached hydrogens (tertiary/aromatic N) is 1. The molecule has 1 rings (SSSR count). The second-order valence-electron chi connectivity index (χ2n) is 4.14. The average Bonchev–Trinajstić information content (AvgIpc) is 2.13. The Kier molecular flexibility index (Phi) is 5.45. The Morgan fingerprint density at radius 2 is 2.21 bits per heavy atom. The molecule has 3 heteroatoms. The molecule has 1 fully saturated rings. The summed E-state index contributed by atoms with van der Waals surface area (Å²) in [7, 11) is 4.25. The first-order chi connectivity index (χ1) is 6.79. The minimum Gasteiger partial charge on any atom is -0.380 e. The third kappa shape index (κ3) is 3.23. The zero-order valence-electron chi connectivity index (χ0n) is 9.75. The van der Waals surface area contributed by atoms with Gasteiger partial charge in [0.1, 0.15) is 0 Å². The maximum absolute atomic E-state index is 5.36. The second-order valence-corrected chi connectivity index (χ2v) is 4.14. The van der Waals surface area contributed by atoms with Gasteiger partial charge in [-0.2, -0.15) is 0 Å². The van der Waals surface area contributed by atoms with E-state index < -0.39 is 0 Å². The summed E-state index contributed by atoms with van der Waals surface area (Å²) < 4.78 is 5.36. The SMILES string of the molecule is CCOCCN(C)C1CCC1CNC. The number of nitrogens with one attached hydrogen (secondary N) is 1. The van der Waals surface area contributed by atoms with Gasteiger partial charge in [0.05, 0.1) is 6.61 Å². The first kappa shape index (κ1) is 12.0. The van der Waals surface area contributed by atoms with E-state index >= 15 is 0 Å². The van der Waals surface area contributed by atoms with Crippen LogP contribution in [0.5, 0.6) is 0 Å². The normalized spacial score (nSPS) is 26.6. The number of ether oxygens (including phenoxy) is 1. The van der Waals surface area contributed by atoms with Crippen molar-refractivity contribution in [2.45, 2.75) is 25.8 Å². The van der Waals surface area contributed by atoms with Crippen molar-refractivity contribution in [1.29, 1.82) is 0 Å². The van der Waals surface area contributed by atoms with Crippen LogP contribution in [0, 0.1) is 5.92 Å². The van der Waals surface area contributed by atoms with Gasteiger partial charge in [0, 0.05) is 19.2 Å². The molecule has 0 heterocycles. The van der Waals surface area contributed by atoms with E-state index in [1.54, 1.807) is 0 Å². The highest BCUT2D eigenvalue weighted by Crippen LogP contribution is 2.30.